The van der Waals surface area contributed by atoms with E-state index in [1.807, 2.05) is 0 Å². The van der Waals surface area contributed by atoms with Gasteiger partial charge in [0.25, 0.3) is 0 Å². The number of carbonyl (C=O) groups is 2. The number of unbranched alkanes of at least 4 members (excludes halogenated alkanes) is 37. The average molecular weight is 823 g/mol. The van der Waals surface area contributed by atoms with Gasteiger partial charge in [-0.05, 0) is 50.0 Å². The molecule has 2 N–H and O–H groups in total. The molecule has 0 aromatic heterocycles. The minimum atomic E-state index is -0.666. The van der Waals surface area contributed by atoms with Crippen LogP contribution in [-0.2, 0) is 9.59 Å². The lowest BCUT2D eigenvalue weighted by Crippen LogP contribution is -2.31. The molecule has 0 bridgehead atoms. The summed E-state index contributed by atoms with van der Waals surface area (Å²) in [7, 11) is 0. The van der Waals surface area contributed by atoms with E-state index in [1.54, 1.807) is 0 Å². The second kappa shape index (κ2) is 46.4. The van der Waals surface area contributed by atoms with Gasteiger partial charge in [-0.2, -0.15) is 11.8 Å². The second-order valence-corrected chi connectivity index (χ2v) is 19.6. The van der Waals surface area contributed by atoms with E-state index < -0.39 is 17.4 Å². The van der Waals surface area contributed by atoms with E-state index in [4.69, 9.17) is 5.11 Å². The Morgan fingerprint density at radius 1 is 0.333 bits per heavy atom. The van der Waals surface area contributed by atoms with E-state index in [9.17, 15) is 14.7 Å². The minimum Gasteiger partial charge on any atom is -0.481 e. The molecule has 57 heavy (non-hydrogen) atoms. The zero-order chi connectivity index (χ0) is 41.6. The zero-order valence-corrected chi connectivity index (χ0v) is 39.7. The van der Waals surface area contributed by atoms with Crippen molar-refractivity contribution in [3.05, 3.63) is 0 Å². The molecule has 0 aliphatic rings. The lowest BCUT2D eigenvalue weighted by atomic mass is 9.74. The fraction of sp³-hybridized carbons (Fsp3) is 0.962. The van der Waals surface area contributed by atoms with E-state index >= 15 is 0 Å². The SMILES string of the molecule is CCCCCCCCCCCCCCCCC(CCCCCCCCCCCCCCCC)(CCCCCCCCSCCCCCCCCCC(=O)O)C(=O)O. The summed E-state index contributed by atoms with van der Waals surface area (Å²) in [5, 5.41) is 19.4. The Balaban J connectivity index is 4.30. The van der Waals surface area contributed by atoms with Gasteiger partial charge in [0.1, 0.15) is 0 Å². The van der Waals surface area contributed by atoms with Crippen LogP contribution in [0.1, 0.15) is 303 Å². The van der Waals surface area contributed by atoms with E-state index in [1.165, 1.54) is 243 Å². The summed E-state index contributed by atoms with van der Waals surface area (Å²) in [6.45, 7) is 4.58. The largest absolute Gasteiger partial charge is 0.481 e. The molecule has 0 saturated heterocycles. The highest BCUT2D eigenvalue weighted by atomic mass is 32.2. The molecule has 0 saturated carbocycles. The Morgan fingerprint density at radius 2 is 0.561 bits per heavy atom. The van der Waals surface area contributed by atoms with Gasteiger partial charge in [-0.15, -0.1) is 0 Å². The van der Waals surface area contributed by atoms with Crippen LogP contribution in [0.3, 0.4) is 0 Å². The summed E-state index contributed by atoms with van der Waals surface area (Å²) in [6.07, 6.45) is 56.4. The maximum absolute atomic E-state index is 13.0. The molecule has 0 spiro atoms. The quantitative estimate of drug-likeness (QED) is 0.0598. The topological polar surface area (TPSA) is 74.6 Å². The van der Waals surface area contributed by atoms with Crippen LogP contribution in [0.4, 0.5) is 0 Å². The van der Waals surface area contributed by atoms with Crippen molar-refractivity contribution in [1.82, 2.24) is 0 Å². The highest BCUT2D eigenvalue weighted by molar-refractivity contribution is 7.99. The third-order valence-corrected chi connectivity index (χ3v) is 14.0. The summed E-state index contributed by atoms with van der Waals surface area (Å²) in [6, 6.07) is 0. The molecule has 0 fully saturated rings. The fourth-order valence-corrected chi connectivity index (χ4v) is 9.87. The van der Waals surface area contributed by atoms with Gasteiger partial charge < -0.3 is 10.2 Å². The van der Waals surface area contributed by atoms with Crippen molar-refractivity contribution >= 4 is 23.7 Å². The molecule has 0 amide bonds. The molecule has 0 aromatic carbocycles. The van der Waals surface area contributed by atoms with Crippen LogP contribution in [0, 0.1) is 5.41 Å². The van der Waals surface area contributed by atoms with Crippen LogP contribution < -0.4 is 0 Å². The first kappa shape index (κ1) is 56.3. The first-order valence-corrected chi connectivity index (χ1v) is 27.2. The molecule has 0 heterocycles. The fourth-order valence-electron chi connectivity index (χ4n) is 8.85. The molecule has 340 valence electrons. The average Bonchev–Trinajstić information content (AvgIpc) is 3.20. The van der Waals surface area contributed by atoms with Crippen LogP contribution >= 0.6 is 11.8 Å². The monoisotopic (exact) mass is 823 g/mol. The number of carboxylic acid groups (broad SMARTS) is 2. The molecule has 0 aliphatic carbocycles. The number of hydrogen-bond donors (Lipinski definition) is 2. The Kier molecular flexibility index (Phi) is 45.8. The lowest BCUT2D eigenvalue weighted by molar-refractivity contribution is -0.151. The predicted molar refractivity (Wildman–Crippen MR) is 254 cm³/mol. The molecule has 0 radical (unpaired) electrons. The number of rotatable bonds is 50. The highest BCUT2D eigenvalue weighted by Crippen LogP contribution is 2.38. The van der Waals surface area contributed by atoms with Gasteiger partial charge in [-0.3, -0.25) is 9.59 Å². The zero-order valence-electron chi connectivity index (χ0n) is 38.9. The highest BCUT2D eigenvalue weighted by Gasteiger charge is 2.36. The van der Waals surface area contributed by atoms with Crippen molar-refractivity contribution in [2.24, 2.45) is 5.41 Å². The number of carboxylic acids is 2. The predicted octanol–water partition coefficient (Wildman–Crippen LogP) is 18.5. The third kappa shape index (κ3) is 41.8. The van der Waals surface area contributed by atoms with Gasteiger partial charge in [0.05, 0.1) is 5.41 Å². The number of hydrogen-bond acceptors (Lipinski definition) is 3. The molecular formula is C52H102O4S. The summed E-state index contributed by atoms with van der Waals surface area (Å²) >= 11 is 2.11. The van der Waals surface area contributed by atoms with Crippen molar-refractivity contribution in [2.75, 3.05) is 11.5 Å². The molecule has 5 heteroatoms. The lowest BCUT2D eigenvalue weighted by Gasteiger charge is -2.30. The molecule has 0 atom stereocenters. The van der Waals surface area contributed by atoms with Crippen LogP contribution in [0.15, 0.2) is 0 Å². The summed E-state index contributed by atoms with van der Waals surface area (Å²) in [4.78, 5) is 23.5. The maximum Gasteiger partial charge on any atom is 0.309 e. The van der Waals surface area contributed by atoms with E-state index in [0.29, 0.717) is 6.42 Å². The summed E-state index contributed by atoms with van der Waals surface area (Å²) in [5.41, 5.74) is -0.495. The maximum atomic E-state index is 13.0. The number of thioether (sulfide) groups is 1. The van der Waals surface area contributed by atoms with Crippen LogP contribution in [0.2, 0.25) is 0 Å². The molecule has 0 aromatic rings. The van der Waals surface area contributed by atoms with Crippen molar-refractivity contribution in [1.29, 1.82) is 0 Å². The van der Waals surface area contributed by atoms with Crippen molar-refractivity contribution < 1.29 is 19.8 Å². The minimum absolute atomic E-state index is 0.321. The summed E-state index contributed by atoms with van der Waals surface area (Å²) < 4.78 is 0. The molecule has 0 aliphatic heterocycles. The molecule has 0 unspecified atom stereocenters. The first-order chi connectivity index (χ1) is 28.0. The van der Waals surface area contributed by atoms with Gasteiger partial charge in [-0.25, -0.2) is 0 Å². The van der Waals surface area contributed by atoms with Gasteiger partial charge >= 0.3 is 11.9 Å². The Bertz CT molecular complexity index is 784. The van der Waals surface area contributed by atoms with Crippen molar-refractivity contribution in [3.8, 4) is 0 Å². The Hall–Kier alpha value is -0.710. The van der Waals surface area contributed by atoms with Crippen molar-refractivity contribution in [3.63, 3.8) is 0 Å². The van der Waals surface area contributed by atoms with Crippen LogP contribution in [0.25, 0.3) is 0 Å². The molecule has 4 nitrogen and oxygen atoms in total. The van der Waals surface area contributed by atoms with Gasteiger partial charge in [0, 0.05) is 6.42 Å². The van der Waals surface area contributed by atoms with E-state index in [2.05, 4.69) is 25.6 Å². The Labute approximate surface area is 361 Å². The van der Waals surface area contributed by atoms with Gasteiger partial charge in [-0.1, -0.05) is 258 Å². The summed E-state index contributed by atoms with van der Waals surface area (Å²) in [5.74, 6) is 1.38. The number of aliphatic carboxylic acids is 2. The standard InChI is InChI=1S/C52H102O4S/c1-3-5-7-9-11-13-15-17-19-21-23-27-33-39-45-52(51(55)56,46-40-34-28-24-22-20-18-16-14-12-10-8-6-4-2)47-41-35-29-31-37-43-49-57-48-42-36-30-25-26-32-38-44-50(53)54/h3-49H2,1-2H3,(H,53,54)(H,55,56). The van der Waals surface area contributed by atoms with Gasteiger partial charge in [0.2, 0.25) is 0 Å². The smallest absolute Gasteiger partial charge is 0.309 e. The van der Waals surface area contributed by atoms with Crippen LogP contribution in [0.5, 0.6) is 0 Å². The molecular weight excluding hydrogens is 721 g/mol. The van der Waals surface area contributed by atoms with E-state index in [-0.39, 0.29) is 0 Å². The normalized spacial score (nSPS) is 11.8. The van der Waals surface area contributed by atoms with E-state index in [0.717, 1.165) is 51.4 Å². The van der Waals surface area contributed by atoms with Gasteiger partial charge in [0.15, 0.2) is 0 Å². The third-order valence-electron chi connectivity index (χ3n) is 12.8. The second-order valence-electron chi connectivity index (χ2n) is 18.4. The van der Waals surface area contributed by atoms with Crippen molar-refractivity contribution in [2.45, 2.75) is 303 Å². The Morgan fingerprint density at radius 3 is 0.807 bits per heavy atom. The molecule has 0 rings (SSSR count). The first-order valence-electron chi connectivity index (χ1n) is 26.0. The van der Waals surface area contributed by atoms with Crippen LogP contribution in [-0.4, -0.2) is 33.7 Å².